The van der Waals surface area contributed by atoms with Gasteiger partial charge >= 0.3 is 0 Å². The lowest BCUT2D eigenvalue weighted by atomic mass is 9.87. The second kappa shape index (κ2) is 5.65. The minimum absolute atomic E-state index is 0.115. The van der Waals surface area contributed by atoms with Crippen molar-refractivity contribution in [1.29, 1.82) is 5.26 Å². The summed E-state index contributed by atoms with van der Waals surface area (Å²) in [4.78, 5) is 4.17. The van der Waals surface area contributed by atoms with Gasteiger partial charge in [0.05, 0.1) is 11.7 Å². The summed E-state index contributed by atoms with van der Waals surface area (Å²) >= 11 is 0. The molecular formula is C13H17N3O. The van der Waals surface area contributed by atoms with Crippen LogP contribution in [0.5, 0.6) is 0 Å². The Balaban J connectivity index is 1.88. The molecule has 0 amide bonds. The van der Waals surface area contributed by atoms with Crippen molar-refractivity contribution in [3.8, 4) is 6.07 Å². The Hall–Kier alpha value is -1.60. The first kappa shape index (κ1) is 11.9. The van der Waals surface area contributed by atoms with Gasteiger partial charge in [-0.05, 0) is 43.7 Å². The maximum absolute atomic E-state index is 9.42. The lowest BCUT2D eigenvalue weighted by Gasteiger charge is -2.25. The van der Waals surface area contributed by atoms with Crippen molar-refractivity contribution in [2.75, 3.05) is 11.9 Å². The molecule has 2 rings (SSSR count). The van der Waals surface area contributed by atoms with E-state index >= 15 is 0 Å². The molecule has 1 aromatic heterocycles. The highest BCUT2D eigenvalue weighted by Gasteiger charge is 2.19. The number of hydrogen-bond donors (Lipinski definition) is 2. The van der Waals surface area contributed by atoms with Crippen molar-refractivity contribution in [2.45, 2.75) is 31.8 Å². The van der Waals surface area contributed by atoms with E-state index in [-0.39, 0.29) is 6.10 Å². The standard InChI is InChI=1S/C13H17N3O/c14-8-11-2-1-7-15-13(11)16-9-10-3-5-12(17)6-4-10/h1-2,7,10,12,17H,3-6,9H2,(H,15,16). The van der Waals surface area contributed by atoms with Crippen LogP contribution in [0.25, 0.3) is 0 Å². The first-order valence-electron chi connectivity index (χ1n) is 6.06. The van der Waals surface area contributed by atoms with Crippen LogP contribution in [0.3, 0.4) is 0 Å². The van der Waals surface area contributed by atoms with Crippen LogP contribution in [0.4, 0.5) is 5.82 Å². The highest BCUT2D eigenvalue weighted by atomic mass is 16.3. The zero-order valence-electron chi connectivity index (χ0n) is 9.76. The van der Waals surface area contributed by atoms with Crippen LogP contribution in [0.1, 0.15) is 31.2 Å². The summed E-state index contributed by atoms with van der Waals surface area (Å²) in [6, 6.07) is 5.65. The van der Waals surface area contributed by atoms with Gasteiger partial charge in [-0.1, -0.05) is 0 Å². The van der Waals surface area contributed by atoms with Gasteiger partial charge in [0, 0.05) is 12.7 Å². The molecule has 0 saturated heterocycles. The zero-order chi connectivity index (χ0) is 12.1. The number of aromatic nitrogens is 1. The van der Waals surface area contributed by atoms with Crippen molar-refractivity contribution < 1.29 is 5.11 Å². The Morgan fingerprint density at radius 1 is 1.41 bits per heavy atom. The van der Waals surface area contributed by atoms with Gasteiger partial charge in [-0.15, -0.1) is 0 Å². The minimum atomic E-state index is -0.115. The van der Waals surface area contributed by atoms with E-state index < -0.39 is 0 Å². The number of nitriles is 1. The summed E-state index contributed by atoms with van der Waals surface area (Å²) in [6.07, 6.45) is 5.44. The lowest BCUT2D eigenvalue weighted by molar-refractivity contribution is 0.111. The normalized spacial score (nSPS) is 24.0. The second-order valence-electron chi connectivity index (χ2n) is 4.57. The fourth-order valence-corrected chi connectivity index (χ4v) is 2.23. The van der Waals surface area contributed by atoms with Crippen molar-refractivity contribution in [2.24, 2.45) is 5.92 Å². The number of nitrogens with one attached hydrogen (secondary N) is 1. The van der Waals surface area contributed by atoms with Crippen LogP contribution in [0.2, 0.25) is 0 Å². The van der Waals surface area contributed by atoms with Gasteiger partial charge in [0.1, 0.15) is 11.9 Å². The third-order valence-corrected chi connectivity index (χ3v) is 3.30. The quantitative estimate of drug-likeness (QED) is 0.833. The number of nitrogens with zero attached hydrogens (tertiary/aromatic N) is 2. The predicted molar refractivity (Wildman–Crippen MR) is 65.4 cm³/mol. The molecule has 4 nitrogen and oxygen atoms in total. The number of hydrogen-bond acceptors (Lipinski definition) is 4. The minimum Gasteiger partial charge on any atom is -0.393 e. The highest BCUT2D eigenvalue weighted by molar-refractivity contribution is 5.51. The maximum Gasteiger partial charge on any atom is 0.143 e. The van der Waals surface area contributed by atoms with E-state index in [0.29, 0.717) is 17.3 Å². The van der Waals surface area contributed by atoms with E-state index in [9.17, 15) is 5.11 Å². The van der Waals surface area contributed by atoms with Gasteiger partial charge in [0.2, 0.25) is 0 Å². The molecule has 0 unspecified atom stereocenters. The van der Waals surface area contributed by atoms with Gasteiger partial charge in [-0.3, -0.25) is 0 Å². The first-order chi connectivity index (χ1) is 8.29. The lowest BCUT2D eigenvalue weighted by Crippen LogP contribution is -2.24. The summed E-state index contributed by atoms with van der Waals surface area (Å²) in [7, 11) is 0. The van der Waals surface area contributed by atoms with Crippen LogP contribution < -0.4 is 5.32 Å². The van der Waals surface area contributed by atoms with E-state index in [0.717, 1.165) is 32.2 Å². The summed E-state index contributed by atoms with van der Waals surface area (Å²) in [5, 5.41) is 21.6. The molecule has 1 fully saturated rings. The van der Waals surface area contributed by atoms with Gasteiger partial charge < -0.3 is 10.4 Å². The van der Waals surface area contributed by atoms with Crippen molar-refractivity contribution >= 4 is 5.82 Å². The average Bonchev–Trinajstić information content (AvgIpc) is 2.38. The smallest absolute Gasteiger partial charge is 0.143 e. The number of anilines is 1. The van der Waals surface area contributed by atoms with E-state index in [4.69, 9.17) is 5.26 Å². The zero-order valence-corrected chi connectivity index (χ0v) is 9.76. The Morgan fingerprint density at radius 2 is 2.18 bits per heavy atom. The van der Waals surface area contributed by atoms with Crippen LogP contribution in [-0.2, 0) is 0 Å². The molecule has 4 heteroatoms. The van der Waals surface area contributed by atoms with Crippen LogP contribution in [0, 0.1) is 17.2 Å². The molecule has 0 bridgehead atoms. The van der Waals surface area contributed by atoms with Crippen LogP contribution in [0.15, 0.2) is 18.3 Å². The molecule has 1 aliphatic carbocycles. The molecule has 0 aliphatic heterocycles. The molecule has 0 radical (unpaired) electrons. The summed E-state index contributed by atoms with van der Waals surface area (Å²) in [5.74, 6) is 1.24. The molecule has 1 aromatic rings. The number of rotatable bonds is 3. The summed E-state index contributed by atoms with van der Waals surface area (Å²) < 4.78 is 0. The number of pyridine rings is 1. The van der Waals surface area contributed by atoms with Crippen molar-refractivity contribution in [1.82, 2.24) is 4.98 Å². The molecule has 1 aliphatic rings. The Bertz CT molecular complexity index is 405. The van der Waals surface area contributed by atoms with Crippen LogP contribution in [-0.4, -0.2) is 22.7 Å². The molecule has 0 spiro atoms. The topological polar surface area (TPSA) is 68.9 Å². The van der Waals surface area contributed by atoms with Gasteiger partial charge in [0.15, 0.2) is 0 Å². The van der Waals surface area contributed by atoms with Gasteiger partial charge in [0.25, 0.3) is 0 Å². The van der Waals surface area contributed by atoms with Gasteiger partial charge in [-0.2, -0.15) is 5.26 Å². The molecule has 17 heavy (non-hydrogen) atoms. The monoisotopic (exact) mass is 231 g/mol. The van der Waals surface area contributed by atoms with Crippen LogP contribution >= 0.6 is 0 Å². The van der Waals surface area contributed by atoms with Gasteiger partial charge in [-0.25, -0.2) is 4.98 Å². The third-order valence-electron chi connectivity index (χ3n) is 3.30. The second-order valence-corrected chi connectivity index (χ2v) is 4.57. The summed E-state index contributed by atoms with van der Waals surface area (Å²) in [6.45, 7) is 0.832. The SMILES string of the molecule is N#Cc1cccnc1NCC1CCC(O)CC1. The van der Waals surface area contributed by atoms with Crippen molar-refractivity contribution in [3.63, 3.8) is 0 Å². The van der Waals surface area contributed by atoms with E-state index in [1.54, 1.807) is 18.3 Å². The Labute approximate surface area is 101 Å². The first-order valence-corrected chi connectivity index (χ1v) is 6.06. The van der Waals surface area contributed by atoms with E-state index in [2.05, 4.69) is 16.4 Å². The molecule has 1 saturated carbocycles. The number of aliphatic hydroxyl groups is 1. The van der Waals surface area contributed by atoms with Crippen molar-refractivity contribution in [3.05, 3.63) is 23.9 Å². The van der Waals surface area contributed by atoms with E-state index in [1.807, 2.05) is 0 Å². The molecular weight excluding hydrogens is 214 g/mol. The number of aliphatic hydroxyl groups excluding tert-OH is 1. The largest absolute Gasteiger partial charge is 0.393 e. The Morgan fingerprint density at radius 3 is 2.88 bits per heavy atom. The molecule has 1 heterocycles. The molecule has 0 atom stereocenters. The maximum atomic E-state index is 9.42. The predicted octanol–water partition coefficient (Wildman–Crippen LogP) is 1.92. The fourth-order valence-electron chi connectivity index (χ4n) is 2.23. The molecule has 0 aromatic carbocycles. The van der Waals surface area contributed by atoms with E-state index in [1.165, 1.54) is 0 Å². The molecule has 2 N–H and O–H groups in total. The molecule has 90 valence electrons. The average molecular weight is 231 g/mol. The summed E-state index contributed by atoms with van der Waals surface area (Å²) in [5.41, 5.74) is 0.586. The highest BCUT2D eigenvalue weighted by Crippen LogP contribution is 2.24. The fraction of sp³-hybridized carbons (Fsp3) is 0.538. The third kappa shape index (κ3) is 3.18. The Kier molecular flexibility index (Phi) is 3.94.